The Labute approximate surface area is 189 Å². The Morgan fingerprint density at radius 1 is 1.12 bits per heavy atom. The molecule has 2 aliphatic rings. The van der Waals surface area contributed by atoms with Crippen LogP contribution in [-0.2, 0) is 11.2 Å². The van der Waals surface area contributed by atoms with Crippen molar-refractivity contribution in [1.82, 2.24) is 14.5 Å². The quantitative estimate of drug-likeness (QED) is 0.628. The smallest absolute Gasteiger partial charge is 0.330 e. The van der Waals surface area contributed by atoms with Gasteiger partial charge in [-0.25, -0.2) is 9.18 Å². The molecular formula is C24H25FN4O4. The SMILES string of the molecule is Cc1ccc(Oc2ccc(F)c([C@H]3CCc4c([nH]c(=O)n(C5CCOCC5)c4=O)N3)c2)cn1. The number of H-pyrrole nitrogens is 1. The maximum Gasteiger partial charge on any atom is 0.330 e. The highest BCUT2D eigenvalue weighted by Crippen LogP contribution is 2.34. The maximum atomic E-state index is 14.7. The number of nitrogens with zero attached hydrogens (tertiary/aromatic N) is 2. The van der Waals surface area contributed by atoms with Crippen molar-refractivity contribution in [2.75, 3.05) is 18.5 Å². The number of fused-ring (bicyclic) bond motifs is 1. The van der Waals surface area contributed by atoms with E-state index in [2.05, 4.69) is 15.3 Å². The van der Waals surface area contributed by atoms with Gasteiger partial charge in [-0.15, -0.1) is 0 Å². The van der Waals surface area contributed by atoms with E-state index in [1.165, 1.54) is 10.6 Å². The molecule has 0 aliphatic carbocycles. The minimum absolute atomic E-state index is 0.166. The molecule has 2 aliphatic heterocycles. The van der Waals surface area contributed by atoms with Gasteiger partial charge in [-0.2, -0.15) is 0 Å². The van der Waals surface area contributed by atoms with Crippen molar-refractivity contribution in [1.29, 1.82) is 0 Å². The van der Waals surface area contributed by atoms with E-state index < -0.39 is 11.7 Å². The highest BCUT2D eigenvalue weighted by atomic mass is 19.1. The summed E-state index contributed by atoms with van der Waals surface area (Å²) in [5.41, 5.74) is 1.07. The standard InChI is InChI=1S/C24H25FN4O4/c1-14-2-3-17(13-26-14)33-16-4-6-20(25)19(12-16)21-7-5-18-22(27-21)28-24(31)29(23(18)30)15-8-10-32-11-9-15/h2-4,6,12-13,15,21,27H,5,7-11H2,1H3,(H,28,31)/t21-/m1/s1. The van der Waals surface area contributed by atoms with Gasteiger partial charge in [-0.05, 0) is 62.9 Å². The highest BCUT2D eigenvalue weighted by Gasteiger charge is 2.28. The monoisotopic (exact) mass is 452 g/mol. The fourth-order valence-corrected chi connectivity index (χ4v) is 4.49. The number of anilines is 1. The molecule has 8 nitrogen and oxygen atoms in total. The lowest BCUT2D eigenvalue weighted by Gasteiger charge is -2.29. The number of aryl methyl sites for hydroxylation is 1. The summed E-state index contributed by atoms with van der Waals surface area (Å²) < 4.78 is 27.2. The average Bonchev–Trinajstić information content (AvgIpc) is 2.82. The predicted molar refractivity (Wildman–Crippen MR) is 121 cm³/mol. The first-order valence-corrected chi connectivity index (χ1v) is 11.1. The molecule has 9 heteroatoms. The van der Waals surface area contributed by atoms with Crippen LogP contribution in [0.5, 0.6) is 11.5 Å². The Hall–Kier alpha value is -3.46. The molecular weight excluding hydrogens is 427 g/mol. The number of nitrogens with one attached hydrogen (secondary N) is 2. The van der Waals surface area contributed by atoms with Gasteiger partial charge in [0.15, 0.2) is 0 Å². The number of ether oxygens (including phenoxy) is 2. The summed E-state index contributed by atoms with van der Waals surface area (Å²) in [6.07, 6.45) is 3.81. The lowest BCUT2D eigenvalue weighted by Crippen LogP contribution is -2.43. The van der Waals surface area contributed by atoms with Crippen molar-refractivity contribution >= 4 is 5.82 Å². The van der Waals surface area contributed by atoms with Gasteiger partial charge in [0, 0.05) is 30.5 Å². The number of halogens is 1. The summed E-state index contributed by atoms with van der Waals surface area (Å²) in [5, 5.41) is 3.16. The van der Waals surface area contributed by atoms with Gasteiger partial charge in [0.1, 0.15) is 23.1 Å². The minimum Gasteiger partial charge on any atom is -0.456 e. The summed E-state index contributed by atoms with van der Waals surface area (Å²) in [7, 11) is 0. The normalized spacial score (nSPS) is 18.4. The van der Waals surface area contributed by atoms with Crippen LogP contribution in [0.1, 0.15) is 48.2 Å². The van der Waals surface area contributed by atoms with E-state index in [0.29, 0.717) is 67.3 Å². The third-order valence-corrected chi connectivity index (χ3v) is 6.25. The van der Waals surface area contributed by atoms with Crippen molar-refractivity contribution in [3.05, 3.63) is 80.0 Å². The zero-order chi connectivity index (χ0) is 22.9. The first-order chi connectivity index (χ1) is 16.0. The average molecular weight is 452 g/mol. The molecule has 1 aromatic carbocycles. The first-order valence-electron chi connectivity index (χ1n) is 11.1. The molecule has 1 saturated heterocycles. The van der Waals surface area contributed by atoms with E-state index >= 15 is 0 Å². The first kappa shape index (κ1) is 21.4. The molecule has 33 heavy (non-hydrogen) atoms. The summed E-state index contributed by atoms with van der Waals surface area (Å²) in [6, 6.07) is 7.61. The molecule has 5 rings (SSSR count). The Morgan fingerprint density at radius 3 is 2.67 bits per heavy atom. The zero-order valence-corrected chi connectivity index (χ0v) is 18.3. The topological polar surface area (TPSA) is 98.2 Å². The molecule has 0 radical (unpaired) electrons. The Balaban J connectivity index is 1.41. The Morgan fingerprint density at radius 2 is 1.91 bits per heavy atom. The largest absolute Gasteiger partial charge is 0.456 e. The molecule has 0 bridgehead atoms. The van der Waals surface area contributed by atoms with Crippen LogP contribution in [0.25, 0.3) is 0 Å². The van der Waals surface area contributed by atoms with Crippen LogP contribution in [0.3, 0.4) is 0 Å². The second kappa shape index (κ2) is 8.82. The maximum absolute atomic E-state index is 14.7. The Bertz CT molecular complexity index is 1280. The lowest BCUT2D eigenvalue weighted by molar-refractivity contribution is 0.0673. The molecule has 3 aromatic rings. The van der Waals surface area contributed by atoms with E-state index in [4.69, 9.17) is 9.47 Å². The molecule has 0 unspecified atom stereocenters. The van der Waals surface area contributed by atoms with E-state index in [-0.39, 0.29) is 17.4 Å². The van der Waals surface area contributed by atoms with Crippen molar-refractivity contribution in [3.63, 3.8) is 0 Å². The number of aromatic nitrogens is 3. The lowest BCUT2D eigenvalue weighted by atomic mass is 9.95. The molecule has 1 fully saturated rings. The van der Waals surface area contributed by atoms with Crippen LogP contribution in [0.15, 0.2) is 46.1 Å². The van der Waals surface area contributed by atoms with Crippen molar-refractivity contribution in [3.8, 4) is 11.5 Å². The van der Waals surface area contributed by atoms with Crippen molar-refractivity contribution in [2.45, 2.75) is 44.7 Å². The molecule has 0 spiro atoms. The Kier molecular flexibility index (Phi) is 5.72. The zero-order valence-electron chi connectivity index (χ0n) is 18.3. The minimum atomic E-state index is -0.455. The van der Waals surface area contributed by atoms with E-state index in [0.717, 1.165) is 5.69 Å². The number of hydrogen-bond donors (Lipinski definition) is 2. The van der Waals surface area contributed by atoms with Crippen LogP contribution in [0, 0.1) is 12.7 Å². The van der Waals surface area contributed by atoms with Crippen LogP contribution < -0.4 is 21.3 Å². The van der Waals surface area contributed by atoms with Gasteiger partial charge < -0.3 is 14.8 Å². The van der Waals surface area contributed by atoms with Crippen molar-refractivity contribution in [2.24, 2.45) is 0 Å². The van der Waals surface area contributed by atoms with Gasteiger partial charge in [-0.3, -0.25) is 19.3 Å². The van der Waals surface area contributed by atoms with E-state index in [1.807, 2.05) is 13.0 Å². The molecule has 0 saturated carbocycles. The molecule has 172 valence electrons. The molecule has 4 heterocycles. The second-order valence-electron chi connectivity index (χ2n) is 8.46. The fraction of sp³-hybridized carbons (Fsp3) is 0.375. The molecule has 2 aromatic heterocycles. The van der Waals surface area contributed by atoms with Crippen LogP contribution >= 0.6 is 0 Å². The number of aromatic amines is 1. The second-order valence-corrected chi connectivity index (χ2v) is 8.46. The summed E-state index contributed by atoms with van der Waals surface area (Å²) in [6.45, 7) is 2.95. The molecule has 2 N–H and O–H groups in total. The summed E-state index contributed by atoms with van der Waals surface area (Å²) in [4.78, 5) is 32.8. The summed E-state index contributed by atoms with van der Waals surface area (Å²) >= 11 is 0. The van der Waals surface area contributed by atoms with E-state index in [9.17, 15) is 14.0 Å². The number of rotatable bonds is 4. The fourth-order valence-electron chi connectivity index (χ4n) is 4.49. The molecule has 0 amide bonds. The van der Waals surface area contributed by atoms with E-state index in [1.54, 1.807) is 24.4 Å². The summed E-state index contributed by atoms with van der Waals surface area (Å²) in [5.74, 6) is 1.01. The predicted octanol–water partition coefficient (Wildman–Crippen LogP) is 3.62. The van der Waals surface area contributed by atoms with Gasteiger partial charge in [0.25, 0.3) is 5.56 Å². The van der Waals surface area contributed by atoms with Gasteiger partial charge >= 0.3 is 5.69 Å². The van der Waals surface area contributed by atoms with Gasteiger partial charge in [-0.1, -0.05) is 0 Å². The number of pyridine rings is 1. The highest BCUT2D eigenvalue weighted by molar-refractivity contribution is 5.49. The van der Waals surface area contributed by atoms with Crippen LogP contribution in [0.4, 0.5) is 10.2 Å². The van der Waals surface area contributed by atoms with Crippen LogP contribution in [-0.4, -0.2) is 27.7 Å². The van der Waals surface area contributed by atoms with Gasteiger partial charge in [0.2, 0.25) is 0 Å². The third kappa shape index (κ3) is 4.28. The van der Waals surface area contributed by atoms with Crippen LogP contribution in [0.2, 0.25) is 0 Å². The number of hydrogen-bond acceptors (Lipinski definition) is 6. The number of benzene rings is 1. The molecule has 1 atom stereocenters. The van der Waals surface area contributed by atoms with Crippen molar-refractivity contribution < 1.29 is 13.9 Å². The third-order valence-electron chi connectivity index (χ3n) is 6.25. The van der Waals surface area contributed by atoms with Gasteiger partial charge in [0.05, 0.1) is 17.8 Å².